The molecule has 0 aliphatic carbocycles. The first-order valence-electron chi connectivity index (χ1n) is 2.75. The third kappa shape index (κ3) is 1.57. The van der Waals surface area contributed by atoms with Crippen LogP contribution < -0.4 is 5.48 Å². The van der Waals surface area contributed by atoms with Gasteiger partial charge in [0.25, 0.3) is 0 Å². The average Bonchev–Trinajstić information content (AvgIpc) is 2.05. The molecule has 52 valence electrons. The van der Waals surface area contributed by atoms with E-state index >= 15 is 0 Å². The molecular weight excluding hydrogens is 148 g/mol. The Morgan fingerprint density at radius 3 is 2.90 bits per heavy atom. The van der Waals surface area contributed by atoms with Crippen molar-refractivity contribution in [3.63, 3.8) is 0 Å². The van der Waals surface area contributed by atoms with Gasteiger partial charge in [-0.3, -0.25) is 0 Å². The molecule has 2 N–H and O–H groups in total. The van der Waals surface area contributed by atoms with Crippen LogP contribution in [-0.2, 0) is 0 Å². The van der Waals surface area contributed by atoms with E-state index in [9.17, 15) is 5.21 Å². The number of hydroxylamine groups is 1. The van der Waals surface area contributed by atoms with Crippen molar-refractivity contribution in [2.45, 2.75) is 0 Å². The van der Waals surface area contributed by atoms with Gasteiger partial charge in [0.15, 0.2) is 0 Å². The van der Waals surface area contributed by atoms with Gasteiger partial charge in [-0.1, -0.05) is 6.07 Å². The molecule has 0 aliphatic heterocycles. The van der Waals surface area contributed by atoms with E-state index in [4.69, 9.17) is 12.2 Å². The van der Waals surface area contributed by atoms with Crippen molar-refractivity contribution in [2.24, 2.45) is 0 Å². The fourth-order valence-corrected chi connectivity index (χ4v) is 0.690. The van der Waals surface area contributed by atoms with Crippen molar-refractivity contribution in [3.05, 3.63) is 35.3 Å². The first kappa shape index (κ1) is 7.27. The highest BCUT2D eigenvalue weighted by atomic mass is 32.1. The summed E-state index contributed by atoms with van der Waals surface area (Å²) in [5.41, 5.74) is 1.19. The van der Waals surface area contributed by atoms with E-state index in [1.807, 2.05) is 0 Å². The van der Waals surface area contributed by atoms with E-state index in [1.54, 1.807) is 24.4 Å². The van der Waals surface area contributed by atoms with E-state index < -0.39 is 0 Å². The second-order valence-electron chi connectivity index (χ2n) is 1.70. The molecule has 0 saturated carbocycles. The maximum absolute atomic E-state index is 10.1. The zero-order valence-corrected chi connectivity index (χ0v) is 5.97. The molecule has 0 radical (unpaired) electrons. The highest BCUT2D eigenvalue weighted by Crippen LogP contribution is 1.90. The normalized spacial score (nSPS) is 9.30. The zero-order valence-electron chi connectivity index (χ0n) is 5.15. The predicted molar refractivity (Wildman–Crippen MR) is 41.2 cm³/mol. The Labute approximate surface area is 63.7 Å². The fraction of sp³-hybridized carbons (Fsp3) is 0. The van der Waals surface area contributed by atoms with Crippen molar-refractivity contribution in [1.82, 2.24) is 4.98 Å². The number of aromatic nitrogens is 1. The van der Waals surface area contributed by atoms with E-state index in [1.165, 1.54) is 0 Å². The number of pyridine rings is 1. The third-order valence-electron chi connectivity index (χ3n) is 1.02. The topological polar surface area (TPSA) is 52.6 Å². The number of thiocarbonyl (C=S) groups is 1. The molecule has 1 rings (SSSR count). The third-order valence-corrected chi connectivity index (χ3v) is 1.33. The molecule has 0 aliphatic rings. The van der Waals surface area contributed by atoms with Gasteiger partial charge in [-0.15, -0.1) is 0 Å². The Balaban J connectivity index is 2.85. The summed E-state index contributed by atoms with van der Waals surface area (Å²) in [7, 11) is 0. The van der Waals surface area contributed by atoms with Gasteiger partial charge < -0.3 is 10.7 Å². The summed E-state index contributed by atoms with van der Waals surface area (Å²) in [5.74, 6) is 0. The van der Waals surface area contributed by atoms with Crippen molar-refractivity contribution >= 4 is 17.2 Å². The van der Waals surface area contributed by atoms with Crippen molar-refractivity contribution in [2.75, 3.05) is 0 Å². The lowest BCUT2D eigenvalue weighted by atomic mass is 10.3. The van der Waals surface area contributed by atoms with Crippen LogP contribution in [0.2, 0.25) is 0 Å². The Bertz CT molecular complexity index is 224. The molecule has 0 amide bonds. The Hall–Kier alpha value is -0.840. The van der Waals surface area contributed by atoms with Gasteiger partial charge >= 0.3 is 0 Å². The van der Waals surface area contributed by atoms with Gasteiger partial charge in [0, 0.05) is 6.20 Å². The summed E-state index contributed by atoms with van der Waals surface area (Å²) in [6.45, 7) is 0. The standard InChI is InChI=1S/C6H6N2OS/c9-8-6(10)5-3-1-2-4-7-5/h1-4H,8H2. The molecule has 1 aromatic heterocycles. The fourth-order valence-electron chi connectivity index (χ4n) is 0.569. The summed E-state index contributed by atoms with van der Waals surface area (Å²) >= 11 is 4.69. The Morgan fingerprint density at radius 1 is 1.60 bits per heavy atom. The zero-order chi connectivity index (χ0) is 7.40. The van der Waals surface area contributed by atoms with Crippen LogP contribution in [0.1, 0.15) is 5.69 Å². The summed E-state index contributed by atoms with van der Waals surface area (Å²) in [5, 5.41) is 10.1. The molecule has 1 heterocycles. The maximum atomic E-state index is 10.1. The molecule has 1 aromatic rings. The first-order chi connectivity index (χ1) is 4.84. The van der Waals surface area contributed by atoms with Crippen LogP contribution in [0.25, 0.3) is 0 Å². The number of quaternary nitrogens is 1. The molecule has 0 aromatic carbocycles. The van der Waals surface area contributed by atoms with E-state index in [0.29, 0.717) is 11.2 Å². The molecule has 3 nitrogen and oxygen atoms in total. The Morgan fingerprint density at radius 2 is 2.40 bits per heavy atom. The molecular formula is C6H6N2OS. The second-order valence-corrected chi connectivity index (χ2v) is 2.14. The second kappa shape index (κ2) is 3.36. The lowest BCUT2D eigenvalue weighted by Crippen LogP contribution is -2.81. The first-order valence-corrected chi connectivity index (χ1v) is 3.16. The summed E-state index contributed by atoms with van der Waals surface area (Å²) in [6, 6.07) is 5.27. The number of hydrogen-bond donors (Lipinski definition) is 1. The highest BCUT2D eigenvalue weighted by molar-refractivity contribution is 7.80. The minimum absolute atomic E-state index is 0.251. The van der Waals surface area contributed by atoms with E-state index in [-0.39, 0.29) is 4.99 Å². The van der Waals surface area contributed by atoms with E-state index in [0.717, 1.165) is 0 Å². The molecule has 0 atom stereocenters. The van der Waals surface area contributed by atoms with E-state index in [2.05, 4.69) is 4.98 Å². The van der Waals surface area contributed by atoms with Crippen LogP contribution in [0, 0.1) is 5.21 Å². The number of hydrogen-bond acceptors (Lipinski definition) is 3. The minimum Gasteiger partial charge on any atom is -0.630 e. The number of nitrogens with two attached hydrogens (primary N) is 1. The number of nitrogens with zero attached hydrogens (tertiary/aromatic N) is 1. The van der Waals surface area contributed by atoms with Crippen molar-refractivity contribution in [3.8, 4) is 0 Å². The monoisotopic (exact) mass is 154 g/mol. The number of rotatable bonds is 1. The van der Waals surface area contributed by atoms with Crippen LogP contribution in [0.15, 0.2) is 24.4 Å². The van der Waals surface area contributed by atoms with Gasteiger partial charge in [0.2, 0.25) is 4.99 Å². The smallest absolute Gasteiger partial charge is 0.221 e. The van der Waals surface area contributed by atoms with Crippen LogP contribution in [0.5, 0.6) is 0 Å². The summed E-state index contributed by atoms with van der Waals surface area (Å²) < 4.78 is 0. The van der Waals surface area contributed by atoms with Crippen LogP contribution in [-0.4, -0.2) is 9.97 Å². The summed E-state index contributed by atoms with van der Waals surface area (Å²) in [6.07, 6.45) is 1.60. The molecule has 0 saturated heterocycles. The molecule has 0 unspecified atom stereocenters. The predicted octanol–water partition coefficient (Wildman–Crippen LogP) is -0.182. The van der Waals surface area contributed by atoms with Crippen LogP contribution in [0.4, 0.5) is 0 Å². The molecule has 0 bridgehead atoms. The lowest BCUT2D eigenvalue weighted by molar-refractivity contribution is -0.457. The van der Waals surface area contributed by atoms with Crippen LogP contribution >= 0.6 is 12.2 Å². The van der Waals surface area contributed by atoms with Gasteiger partial charge in [0.1, 0.15) is 5.69 Å². The molecule has 0 spiro atoms. The van der Waals surface area contributed by atoms with Gasteiger partial charge in [-0.25, -0.2) is 4.98 Å². The summed E-state index contributed by atoms with van der Waals surface area (Å²) in [4.78, 5) is 4.13. The van der Waals surface area contributed by atoms with Crippen molar-refractivity contribution in [1.29, 1.82) is 0 Å². The molecule has 4 heteroatoms. The largest absolute Gasteiger partial charge is 0.630 e. The lowest BCUT2D eigenvalue weighted by Gasteiger charge is -2.00. The minimum atomic E-state index is 0.251. The molecule has 0 fully saturated rings. The molecule has 10 heavy (non-hydrogen) atoms. The van der Waals surface area contributed by atoms with Gasteiger partial charge in [0.05, 0.1) is 0 Å². The average molecular weight is 154 g/mol. The van der Waals surface area contributed by atoms with Gasteiger partial charge in [-0.05, 0) is 24.4 Å². The quantitative estimate of drug-likeness (QED) is 0.451. The van der Waals surface area contributed by atoms with Crippen LogP contribution in [0.3, 0.4) is 0 Å². The maximum Gasteiger partial charge on any atom is 0.221 e. The van der Waals surface area contributed by atoms with Crippen molar-refractivity contribution < 1.29 is 5.48 Å². The Kier molecular flexibility index (Phi) is 2.44. The van der Waals surface area contributed by atoms with Gasteiger partial charge in [-0.2, -0.15) is 0 Å². The highest BCUT2D eigenvalue weighted by Gasteiger charge is 1.98. The SMILES string of the molecule is [O-][NH2+]C(=S)c1ccccn1.